The molecule has 0 bridgehead atoms. The van der Waals surface area contributed by atoms with Crippen LogP contribution in [0.5, 0.6) is 0 Å². The number of pyridine rings is 1. The SMILES string of the molecule is O=Cc1ccc(/C(=C(\c2ccccc2)C2CCC2)c2ccc3n[nH]c(F)c3c2)cn1. The molecule has 0 unspecified atom stereocenters. The number of aldehydes is 1. The number of nitrogens with one attached hydrogen (secondary N) is 1. The number of halogens is 1. The summed E-state index contributed by atoms with van der Waals surface area (Å²) in [6, 6.07) is 19.6. The number of hydrogen-bond donors (Lipinski definition) is 1. The van der Waals surface area contributed by atoms with E-state index < -0.39 is 5.95 Å². The van der Waals surface area contributed by atoms with E-state index in [0.717, 1.165) is 41.4 Å². The average Bonchev–Trinajstić information content (AvgIpc) is 3.13. The molecule has 0 amide bonds. The number of aromatic nitrogens is 3. The number of aromatic amines is 1. The standard InChI is InChI=1S/C25H20FN3O/c26-25-21-13-18(10-12-22(21)28-29-25)24(19-9-11-20(15-30)27-14-19)23(17-7-4-8-17)16-5-2-1-3-6-16/h1-3,5-6,9-15,17H,4,7-8H2,(H,28,29)/b24-23+. The number of nitrogens with zero attached hydrogens (tertiary/aromatic N) is 2. The molecule has 4 aromatic rings. The fourth-order valence-corrected chi connectivity index (χ4v) is 4.13. The van der Waals surface area contributed by atoms with Gasteiger partial charge in [0.05, 0.1) is 10.9 Å². The van der Waals surface area contributed by atoms with Crippen LogP contribution in [0, 0.1) is 11.9 Å². The molecule has 2 aromatic heterocycles. The summed E-state index contributed by atoms with van der Waals surface area (Å²) in [4.78, 5) is 15.4. The molecular formula is C25H20FN3O. The Morgan fingerprint density at radius 1 is 1.00 bits per heavy atom. The van der Waals surface area contributed by atoms with Crippen molar-refractivity contribution in [3.05, 3.63) is 95.2 Å². The number of hydrogen-bond acceptors (Lipinski definition) is 3. The lowest BCUT2D eigenvalue weighted by molar-refractivity contribution is 0.111. The quantitative estimate of drug-likeness (QED) is 0.349. The monoisotopic (exact) mass is 397 g/mol. The van der Waals surface area contributed by atoms with Crippen LogP contribution in [0.3, 0.4) is 0 Å². The third-order valence-corrected chi connectivity index (χ3v) is 5.86. The molecule has 1 aliphatic rings. The van der Waals surface area contributed by atoms with Crippen LogP contribution in [0.2, 0.25) is 0 Å². The van der Waals surface area contributed by atoms with Gasteiger partial charge in [-0.15, -0.1) is 0 Å². The maximum atomic E-state index is 14.3. The Morgan fingerprint density at radius 2 is 1.80 bits per heavy atom. The van der Waals surface area contributed by atoms with E-state index in [9.17, 15) is 9.18 Å². The first-order valence-corrected chi connectivity index (χ1v) is 10.1. The van der Waals surface area contributed by atoms with Gasteiger partial charge in [-0.1, -0.05) is 48.9 Å². The van der Waals surface area contributed by atoms with Crippen LogP contribution in [-0.2, 0) is 0 Å². The summed E-state index contributed by atoms with van der Waals surface area (Å²) in [5.41, 5.74) is 6.23. The van der Waals surface area contributed by atoms with Gasteiger partial charge in [0.2, 0.25) is 5.95 Å². The number of carbonyl (C=O) groups excluding carboxylic acids is 1. The molecule has 5 heteroatoms. The molecule has 1 aliphatic carbocycles. The van der Waals surface area contributed by atoms with Gasteiger partial charge in [0.15, 0.2) is 6.29 Å². The van der Waals surface area contributed by atoms with Crippen LogP contribution in [0.15, 0.2) is 66.9 Å². The first kappa shape index (κ1) is 18.4. The molecule has 2 heterocycles. The summed E-state index contributed by atoms with van der Waals surface area (Å²) in [7, 11) is 0. The smallest absolute Gasteiger partial charge is 0.216 e. The zero-order valence-corrected chi connectivity index (χ0v) is 16.3. The maximum absolute atomic E-state index is 14.3. The van der Waals surface area contributed by atoms with Gasteiger partial charge in [-0.2, -0.15) is 9.49 Å². The van der Waals surface area contributed by atoms with E-state index in [1.54, 1.807) is 12.3 Å². The van der Waals surface area contributed by atoms with Crippen LogP contribution in [0.1, 0.15) is 46.4 Å². The molecule has 1 saturated carbocycles. The minimum atomic E-state index is -0.439. The van der Waals surface area contributed by atoms with Gasteiger partial charge in [-0.05, 0) is 59.2 Å². The van der Waals surface area contributed by atoms with Crippen molar-refractivity contribution in [3.63, 3.8) is 0 Å². The highest BCUT2D eigenvalue weighted by Crippen LogP contribution is 2.45. The molecule has 148 valence electrons. The fraction of sp³-hybridized carbons (Fsp3) is 0.160. The van der Waals surface area contributed by atoms with Crippen molar-refractivity contribution in [1.29, 1.82) is 0 Å². The van der Waals surface area contributed by atoms with Gasteiger partial charge in [0, 0.05) is 11.8 Å². The van der Waals surface area contributed by atoms with Crippen molar-refractivity contribution >= 4 is 28.3 Å². The first-order valence-electron chi connectivity index (χ1n) is 10.1. The Bertz CT molecular complexity index is 1240. The van der Waals surface area contributed by atoms with Crippen LogP contribution in [-0.4, -0.2) is 21.5 Å². The summed E-state index contributed by atoms with van der Waals surface area (Å²) in [6.07, 6.45) is 5.92. The van der Waals surface area contributed by atoms with Crippen molar-refractivity contribution in [2.75, 3.05) is 0 Å². The molecule has 5 rings (SSSR count). The van der Waals surface area contributed by atoms with Crippen molar-refractivity contribution in [1.82, 2.24) is 15.2 Å². The summed E-state index contributed by atoms with van der Waals surface area (Å²) < 4.78 is 14.3. The number of carbonyl (C=O) groups is 1. The molecular weight excluding hydrogens is 377 g/mol. The molecule has 30 heavy (non-hydrogen) atoms. The van der Waals surface area contributed by atoms with Crippen LogP contribution < -0.4 is 0 Å². The van der Waals surface area contributed by atoms with E-state index in [4.69, 9.17) is 0 Å². The maximum Gasteiger partial charge on any atom is 0.216 e. The Hall–Kier alpha value is -3.60. The van der Waals surface area contributed by atoms with E-state index in [2.05, 4.69) is 27.3 Å². The summed E-state index contributed by atoms with van der Waals surface area (Å²) in [6.45, 7) is 0. The average molecular weight is 397 g/mol. The highest BCUT2D eigenvalue weighted by Gasteiger charge is 2.27. The Morgan fingerprint density at radius 3 is 2.47 bits per heavy atom. The number of rotatable bonds is 5. The van der Waals surface area contributed by atoms with Gasteiger partial charge in [0.1, 0.15) is 5.69 Å². The van der Waals surface area contributed by atoms with E-state index >= 15 is 0 Å². The highest BCUT2D eigenvalue weighted by atomic mass is 19.1. The fourth-order valence-electron chi connectivity index (χ4n) is 4.13. The Labute approximate surface area is 173 Å². The predicted molar refractivity (Wildman–Crippen MR) is 115 cm³/mol. The van der Waals surface area contributed by atoms with Gasteiger partial charge >= 0.3 is 0 Å². The van der Waals surface area contributed by atoms with Crippen LogP contribution >= 0.6 is 0 Å². The molecule has 0 spiro atoms. The highest BCUT2D eigenvalue weighted by molar-refractivity contribution is 6.01. The van der Waals surface area contributed by atoms with Gasteiger partial charge in [-0.25, -0.2) is 0 Å². The molecule has 0 radical (unpaired) electrons. The lowest BCUT2D eigenvalue weighted by atomic mass is 9.73. The topological polar surface area (TPSA) is 58.6 Å². The predicted octanol–water partition coefficient (Wildman–Crippen LogP) is 5.67. The normalized spacial score (nSPS) is 15.0. The summed E-state index contributed by atoms with van der Waals surface area (Å²) in [5.74, 6) is -0.0106. The summed E-state index contributed by atoms with van der Waals surface area (Å²) >= 11 is 0. The van der Waals surface area contributed by atoms with Crippen LogP contribution in [0.4, 0.5) is 4.39 Å². The molecule has 0 aliphatic heterocycles. The molecule has 1 N–H and O–H groups in total. The molecule has 0 atom stereocenters. The van der Waals surface area contributed by atoms with Crippen LogP contribution in [0.25, 0.3) is 22.0 Å². The van der Waals surface area contributed by atoms with Gasteiger partial charge < -0.3 is 0 Å². The van der Waals surface area contributed by atoms with E-state index in [1.165, 1.54) is 12.0 Å². The van der Waals surface area contributed by atoms with E-state index in [-0.39, 0.29) is 0 Å². The minimum absolute atomic E-state index is 0.388. The Kier molecular flexibility index (Phi) is 4.71. The molecule has 2 aromatic carbocycles. The van der Waals surface area contributed by atoms with E-state index in [0.29, 0.717) is 22.5 Å². The number of benzene rings is 2. The largest absolute Gasteiger partial charge is 0.296 e. The van der Waals surface area contributed by atoms with Crippen molar-refractivity contribution in [3.8, 4) is 0 Å². The van der Waals surface area contributed by atoms with Gasteiger partial charge in [-0.3, -0.25) is 14.9 Å². The Balaban J connectivity index is 1.80. The first-order chi connectivity index (χ1) is 14.7. The third-order valence-electron chi connectivity index (χ3n) is 5.86. The minimum Gasteiger partial charge on any atom is -0.296 e. The lowest BCUT2D eigenvalue weighted by Gasteiger charge is -2.31. The second kappa shape index (κ2) is 7.67. The second-order valence-corrected chi connectivity index (χ2v) is 7.64. The summed E-state index contributed by atoms with van der Waals surface area (Å²) in [5, 5.41) is 6.89. The number of H-pyrrole nitrogens is 1. The zero-order valence-electron chi connectivity index (χ0n) is 16.3. The number of allylic oxidation sites excluding steroid dienone is 1. The number of fused-ring (bicyclic) bond motifs is 1. The zero-order chi connectivity index (χ0) is 20.5. The second-order valence-electron chi connectivity index (χ2n) is 7.64. The molecule has 0 saturated heterocycles. The molecule has 4 nitrogen and oxygen atoms in total. The van der Waals surface area contributed by atoms with Crippen molar-refractivity contribution in [2.24, 2.45) is 5.92 Å². The third kappa shape index (κ3) is 3.22. The van der Waals surface area contributed by atoms with Crippen molar-refractivity contribution < 1.29 is 9.18 Å². The van der Waals surface area contributed by atoms with E-state index in [1.807, 2.05) is 42.5 Å². The van der Waals surface area contributed by atoms with Crippen molar-refractivity contribution in [2.45, 2.75) is 19.3 Å². The van der Waals surface area contributed by atoms with Gasteiger partial charge in [0.25, 0.3) is 0 Å². The molecule has 1 fully saturated rings. The lowest BCUT2D eigenvalue weighted by Crippen LogP contribution is -2.15.